The van der Waals surface area contributed by atoms with E-state index in [0.29, 0.717) is 17.4 Å². The van der Waals surface area contributed by atoms with Gasteiger partial charge in [0, 0.05) is 31.3 Å². The van der Waals surface area contributed by atoms with Crippen LogP contribution in [0.25, 0.3) is 0 Å². The minimum atomic E-state index is -0.252. The molecule has 118 valence electrons. The monoisotopic (exact) mass is 302 g/mol. The van der Waals surface area contributed by atoms with Crippen LogP contribution >= 0.6 is 0 Å². The van der Waals surface area contributed by atoms with Gasteiger partial charge in [0.2, 0.25) is 0 Å². The van der Waals surface area contributed by atoms with Crippen molar-refractivity contribution in [2.24, 2.45) is 18.4 Å². The molecule has 0 saturated heterocycles. The summed E-state index contributed by atoms with van der Waals surface area (Å²) in [4.78, 5) is 12.4. The lowest BCUT2D eigenvalue weighted by Gasteiger charge is -2.33. The van der Waals surface area contributed by atoms with E-state index in [1.165, 1.54) is 0 Å². The Kier molecular flexibility index (Phi) is 3.54. The van der Waals surface area contributed by atoms with Gasteiger partial charge in [-0.25, -0.2) is 0 Å². The molecule has 6 heteroatoms. The van der Waals surface area contributed by atoms with Crippen molar-refractivity contribution < 1.29 is 9.32 Å². The number of hydrogen-bond acceptors (Lipinski definition) is 4. The quantitative estimate of drug-likeness (QED) is 0.925. The number of carbonyl (C=O) groups excluding carboxylic acids is 1. The summed E-state index contributed by atoms with van der Waals surface area (Å²) in [6.45, 7) is 6.72. The molecule has 2 aromatic heterocycles. The summed E-state index contributed by atoms with van der Waals surface area (Å²) in [5.41, 5.74) is 1.57. The number of nitrogens with one attached hydrogen (secondary N) is 1. The van der Waals surface area contributed by atoms with Gasteiger partial charge in [-0.15, -0.1) is 0 Å². The summed E-state index contributed by atoms with van der Waals surface area (Å²) in [5.74, 6) is 1.65. The highest BCUT2D eigenvalue weighted by molar-refractivity contribution is 6.03. The lowest BCUT2D eigenvalue weighted by Crippen LogP contribution is -2.27. The summed E-state index contributed by atoms with van der Waals surface area (Å²) in [7, 11) is 1.81. The second-order valence-corrected chi connectivity index (χ2v) is 7.07. The van der Waals surface area contributed by atoms with E-state index in [4.69, 9.17) is 4.52 Å². The van der Waals surface area contributed by atoms with Gasteiger partial charge in [0.25, 0.3) is 5.91 Å². The van der Waals surface area contributed by atoms with Crippen molar-refractivity contribution in [3.8, 4) is 0 Å². The van der Waals surface area contributed by atoms with Crippen LogP contribution in [0.1, 0.15) is 49.0 Å². The molecular weight excluding hydrogens is 280 g/mol. The number of aryl methyl sites for hydroxylation is 2. The van der Waals surface area contributed by atoms with Crippen molar-refractivity contribution in [1.82, 2.24) is 14.9 Å². The normalized spacial score (nSPS) is 18.1. The smallest absolute Gasteiger partial charge is 0.279 e. The molecule has 2 heterocycles. The second-order valence-electron chi connectivity index (χ2n) is 7.07. The molecule has 0 fully saturated rings. The van der Waals surface area contributed by atoms with Gasteiger partial charge < -0.3 is 9.84 Å². The van der Waals surface area contributed by atoms with Gasteiger partial charge in [-0.3, -0.25) is 9.48 Å². The third kappa shape index (κ3) is 2.77. The molecule has 1 aliphatic rings. The molecule has 1 aliphatic carbocycles. The summed E-state index contributed by atoms with van der Waals surface area (Å²) in [5, 5.41) is 10.9. The highest BCUT2D eigenvalue weighted by Gasteiger charge is 2.34. The largest absolute Gasteiger partial charge is 0.360 e. The Hall–Kier alpha value is -2.11. The minimum absolute atomic E-state index is 0.212. The van der Waals surface area contributed by atoms with Crippen LogP contribution in [0, 0.1) is 11.3 Å². The Morgan fingerprint density at radius 3 is 2.86 bits per heavy atom. The van der Waals surface area contributed by atoms with Crippen LogP contribution in [0.5, 0.6) is 0 Å². The van der Waals surface area contributed by atoms with E-state index in [1.807, 2.05) is 7.05 Å². The van der Waals surface area contributed by atoms with Crippen molar-refractivity contribution in [3.63, 3.8) is 0 Å². The maximum absolute atomic E-state index is 12.4. The average molecular weight is 302 g/mol. The third-order valence-electron chi connectivity index (χ3n) is 4.43. The first kappa shape index (κ1) is 14.8. The van der Waals surface area contributed by atoms with E-state index in [9.17, 15) is 4.79 Å². The fraction of sp³-hybridized carbons (Fsp3) is 0.562. The topological polar surface area (TPSA) is 73.0 Å². The number of fused-ring (bicyclic) bond motifs is 1. The van der Waals surface area contributed by atoms with Crippen LogP contribution in [-0.4, -0.2) is 20.8 Å². The maximum Gasteiger partial charge on any atom is 0.279 e. The number of nitrogens with zero attached hydrogens (tertiary/aromatic N) is 3. The molecule has 0 saturated carbocycles. The molecule has 0 radical (unpaired) electrons. The van der Waals surface area contributed by atoms with Gasteiger partial charge >= 0.3 is 0 Å². The number of anilines is 1. The zero-order valence-corrected chi connectivity index (χ0v) is 13.5. The predicted molar refractivity (Wildman–Crippen MR) is 82.6 cm³/mol. The van der Waals surface area contributed by atoms with Crippen LogP contribution in [0.15, 0.2) is 16.8 Å². The fourth-order valence-corrected chi connectivity index (χ4v) is 2.98. The van der Waals surface area contributed by atoms with Gasteiger partial charge in [0.1, 0.15) is 5.76 Å². The number of carbonyl (C=O) groups is 1. The molecule has 0 bridgehead atoms. The number of rotatable bonds is 2. The van der Waals surface area contributed by atoms with Crippen molar-refractivity contribution in [3.05, 3.63) is 29.3 Å². The van der Waals surface area contributed by atoms with Gasteiger partial charge in [0.05, 0.1) is 0 Å². The number of aromatic nitrogens is 3. The zero-order valence-electron chi connectivity index (χ0n) is 13.5. The van der Waals surface area contributed by atoms with E-state index in [1.54, 1.807) is 16.9 Å². The van der Waals surface area contributed by atoms with E-state index in [2.05, 4.69) is 36.3 Å². The van der Waals surface area contributed by atoms with E-state index >= 15 is 0 Å². The molecule has 1 N–H and O–H groups in total. The fourth-order valence-electron chi connectivity index (χ4n) is 2.98. The molecule has 0 spiro atoms. The predicted octanol–water partition coefficient (Wildman–Crippen LogP) is 2.81. The van der Waals surface area contributed by atoms with Crippen LogP contribution in [0.4, 0.5) is 5.82 Å². The van der Waals surface area contributed by atoms with Crippen molar-refractivity contribution in [2.75, 3.05) is 5.32 Å². The Morgan fingerprint density at radius 2 is 2.23 bits per heavy atom. The van der Waals surface area contributed by atoms with Gasteiger partial charge in [0.15, 0.2) is 11.5 Å². The first-order valence-corrected chi connectivity index (χ1v) is 7.63. The lowest BCUT2D eigenvalue weighted by atomic mass is 9.71. The molecule has 0 aliphatic heterocycles. The molecular formula is C16H22N4O2. The molecule has 1 atom stereocenters. The maximum atomic E-state index is 12.4. The van der Waals surface area contributed by atoms with E-state index in [-0.39, 0.29) is 11.3 Å². The van der Waals surface area contributed by atoms with Gasteiger partial charge in [-0.1, -0.05) is 25.9 Å². The van der Waals surface area contributed by atoms with Crippen molar-refractivity contribution in [1.29, 1.82) is 0 Å². The van der Waals surface area contributed by atoms with Crippen molar-refractivity contribution >= 4 is 11.7 Å². The van der Waals surface area contributed by atoms with Crippen LogP contribution in [0.3, 0.4) is 0 Å². The number of hydrogen-bond donors (Lipinski definition) is 1. The van der Waals surface area contributed by atoms with Crippen molar-refractivity contribution in [2.45, 2.75) is 40.0 Å². The number of amides is 1. The standard InChI is InChI=1S/C16H22N4O2/c1-16(2,3)10-5-6-12-11(9-10)14(19-22-12)15(21)17-13-7-8-20(4)18-13/h7-8,10H,5-6,9H2,1-4H3,(H,17,18,21). The minimum Gasteiger partial charge on any atom is -0.360 e. The van der Waals surface area contributed by atoms with Crippen LogP contribution in [0.2, 0.25) is 0 Å². The Bertz CT molecular complexity index is 693. The van der Waals surface area contributed by atoms with Gasteiger partial charge in [-0.05, 0) is 24.2 Å². The Balaban J connectivity index is 1.81. The first-order chi connectivity index (χ1) is 10.3. The molecule has 2 aromatic rings. The molecule has 3 rings (SSSR count). The van der Waals surface area contributed by atoms with E-state index < -0.39 is 0 Å². The molecule has 1 amide bonds. The summed E-state index contributed by atoms with van der Waals surface area (Å²) < 4.78 is 7.02. The van der Waals surface area contributed by atoms with Gasteiger partial charge in [-0.2, -0.15) is 5.10 Å². The highest BCUT2D eigenvalue weighted by atomic mass is 16.5. The van der Waals surface area contributed by atoms with Crippen LogP contribution < -0.4 is 5.32 Å². The molecule has 22 heavy (non-hydrogen) atoms. The second kappa shape index (κ2) is 5.26. The molecule has 1 unspecified atom stereocenters. The van der Waals surface area contributed by atoms with Crippen LogP contribution in [-0.2, 0) is 19.9 Å². The average Bonchev–Trinajstić information content (AvgIpc) is 3.03. The summed E-state index contributed by atoms with van der Waals surface area (Å²) in [6.07, 6.45) is 4.55. The first-order valence-electron chi connectivity index (χ1n) is 7.63. The Morgan fingerprint density at radius 1 is 1.45 bits per heavy atom. The SMILES string of the molecule is Cn1ccc(NC(=O)c2noc3c2CC(C(C)(C)C)CC3)n1. The Labute approximate surface area is 129 Å². The summed E-state index contributed by atoms with van der Waals surface area (Å²) in [6, 6.07) is 1.75. The molecule has 6 nitrogen and oxygen atoms in total. The lowest BCUT2D eigenvalue weighted by molar-refractivity contribution is 0.101. The summed E-state index contributed by atoms with van der Waals surface area (Å²) >= 11 is 0. The highest BCUT2D eigenvalue weighted by Crippen LogP contribution is 2.38. The van der Waals surface area contributed by atoms with E-state index in [0.717, 1.165) is 30.6 Å². The molecule has 0 aromatic carbocycles. The zero-order chi connectivity index (χ0) is 15.9. The third-order valence-corrected chi connectivity index (χ3v) is 4.43.